The molecule has 3 nitrogen and oxygen atoms in total. The summed E-state index contributed by atoms with van der Waals surface area (Å²) < 4.78 is 0. The number of phenols is 2. The first-order valence-electron chi connectivity index (χ1n) is 14.0. The van der Waals surface area contributed by atoms with Crippen LogP contribution in [0, 0.1) is 18.3 Å². The lowest BCUT2D eigenvalue weighted by molar-refractivity contribution is 0.196. The lowest BCUT2D eigenvalue weighted by Gasteiger charge is -2.40. The normalized spacial score (nSPS) is 20.8. The minimum Gasteiger partial charge on any atom is -0.512 e. The Morgan fingerprint density at radius 1 is 0.658 bits per heavy atom. The highest BCUT2D eigenvalue weighted by molar-refractivity contribution is 5.51. The Morgan fingerprint density at radius 3 is 1.47 bits per heavy atom. The van der Waals surface area contributed by atoms with E-state index >= 15 is 0 Å². The number of aryl methyl sites for hydroxylation is 1. The van der Waals surface area contributed by atoms with E-state index in [9.17, 15) is 15.3 Å². The Balaban J connectivity index is 2.23. The number of aliphatic hydroxyl groups is 1. The molecule has 2 aromatic rings. The molecule has 0 aliphatic heterocycles. The largest absolute Gasteiger partial charge is 0.512 e. The lowest BCUT2D eigenvalue weighted by atomic mass is 9.64. The minimum absolute atomic E-state index is 0.0929. The van der Waals surface area contributed by atoms with E-state index in [2.05, 4.69) is 106 Å². The smallest absolute Gasteiger partial charge is 0.123 e. The van der Waals surface area contributed by atoms with Crippen LogP contribution in [0.15, 0.2) is 47.7 Å². The van der Waals surface area contributed by atoms with Gasteiger partial charge in [0.15, 0.2) is 0 Å². The second-order valence-electron chi connectivity index (χ2n) is 14.8. The van der Waals surface area contributed by atoms with Crippen LogP contribution in [0.25, 0.3) is 0 Å². The first-order chi connectivity index (χ1) is 17.2. The first-order valence-corrected chi connectivity index (χ1v) is 14.0. The van der Waals surface area contributed by atoms with Gasteiger partial charge in [-0.05, 0) is 81.9 Å². The number of benzene rings is 2. The summed E-state index contributed by atoms with van der Waals surface area (Å²) in [6, 6.07) is 8.56. The van der Waals surface area contributed by atoms with Gasteiger partial charge in [0.1, 0.15) is 11.5 Å². The highest BCUT2D eigenvalue weighted by atomic mass is 16.3. The summed E-state index contributed by atoms with van der Waals surface area (Å²) in [6.07, 6.45) is 5.79. The molecule has 38 heavy (non-hydrogen) atoms. The Labute approximate surface area is 231 Å². The Morgan fingerprint density at radius 2 is 1.05 bits per heavy atom. The molecule has 3 heteroatoms. The maximum absolute atomic E-state index is 11.3. The van der Waals surface area contributed by atoms with Gasteiger partial charge in [-0.3, -0.25) is 0 Å². The average Bonchev–Trinajstić information content (AvgIpc) is 2.76. The van der Waals surface area contributed by atoms with Crippen LogP contribution in [0.3, 0.4) is 0 Å². The van der Waals surface area contributed by atoms with Crippen LogP contribution < -0.4 is 0 Å². The fraction of sp³-hybridized carbons (Fsp3) is 0.543. The van der Waals surface area contributed by atoms with Crippen molar-refractivity contribution in [2.75, 3.05) is 0 Å². The molecule has 0 aromatic heterocycles. The van der Waals surface area contributed by atoms with Gasteiger partial charge in [0.2, 0.25) is 0 Å². The lowest BCUT2D eigenvalue weighted by Crippen LogP contribution is -2.36. The van der Waals surface area contributed by atoms with Crippen molar-refractivity contribution >= 4 is 0 Å². The van der Waals surface area contributed by atoms with Gasteiger partial charge in [-0.2, -0.15) is 0 Å². The summed E-state index contributed by atoms with van der Waals surface area (Å²) in [5.74, 6) is 1.09. The van der Waals surface area contributed by atoms with Crippen molar-refractivity contribution in [2.24, 2.45) is 11.3 Å². The molecule has 0 spiro atoms. The second-order valence-corrected chi connectivity index (χ2v) is 14.8. The van der Waals surface area contributed by atoms with Crippen LogP contribution in [-0.2, 0) is 29.1 Å². The second kappa shape index (κ2) is 9.81. The van der Waals surface area contributed by atoms with Crippen molar-refractivity contribution in [1.29, 1.82) is 0 Å². The quantitative estimate of drug-likeness (QED) is 0.378. The van der Waals surface area contributed by atoms with Gasteiger partial charge in [0, 0.05) is 11.3 Å². The number of aliphatic hydroxyl groups excluding tert-OH is 1. The summed E-state index contributed by atoms with van der Waals surface area (Å²) in [6.45, 7) is 25.3. The summed E-state index contributed by atoms with van der Waals surface area (Å²) >= 11 is 0. The van der Waals surface area contributed by atoms with E-state index in [0.29, 0.717) is 17.3 Å². The molecule has 0 bridgehead atoms. The summed E-state index contributed by atoms with van der Waals surface area (Å²) in [4.78, 5) is 0. The van der Waals surface area contributed by atoms with Gasteiger partial charge >= 0.3 is 0 Å². The zero-order chi connectivity index (χ0) is 29.0. The van der Waals surface area contributed by atoms with Crippen LogP contribution in [0.4, 0.5) is 0 Å². The van der Waals surface area contributed by atoms with E-state index in [0.717, 1.165) is 51.8 Å². The van der Waals surface area contributed by atoms with Crippen LogP contribution in [-0.4, -0.2) is 15.3 Å². The van der Waals surface area contributed by atoms with Gasteiger partial charge in [0.05, 0.1) is 5.76 Å². The summed E-state index contributed by atoms with van der Waals surface area (Å²) in [5, 5.41) is 33.3. The van der Waals surface area contributed by atoms with Crippen molar-refractivity contribution in [3.8, 4) is 11.5 Å². The molecule has 0 heterocycles. The maximum Gasteiger partial charge on any atom is 0.123 e. The Kier molecular flexibility index (Phi) is 7.71. The molecular weight excluding hydrogens is 468 g/mol. The van der Waals surface area contributed by atoms with E-state index in [1.165, 1.54) is 0 Å². The predicted molar refractivity (Wildman–Crippen MR) is 161 cm³/mol. The van der Waals surface area contributed by atoms with E-state index in [4.69, 9.17) is 0 Å². The van der Waals surface area contributed by atoms with Gasteiger partial charge in [-0.15, -0.1) is 0 Å². The van der Waals surface area contributed by atoms with Gasteiger partial charge in [-0.1, -0.05) is 106 Å². The summed E-state index contributed by atoms with van der Waals surface area (Å²) in [7, 11) is 0. The standard InChI is InChI=1S/C35H50O3/c1-21-13-14-35(23(3)29(21)36,19-24-15-22(2)30(37)26(16-24)32(4,5)6)20-25-17-27(33(7,8)9)31(38)28(18-25)34(10,11)12/h13-18,23,36-38H,19-20H2,1-12H3. The van der Waals surface area contributed by atoms with Crippen LogP contribution >= 0.6 is 0 Å². The third kappa shape index (κ3) is 5.82. The number of allylic oxidation sites excluding steroid dienone is 4. The number of hydrogen-bond donors (Lipinski definition) is 3. The average molecular weight is 519 g/mol. The number of aromatic hydroxyl groups is 2. The Hall–Kier alpha value is -2.68. The third-order valence-corrected chi connectivity index (χ3v) is 8.36. The van der Waals surface area contributed by atoms with Crippen molar-refractivity contribution in [3.63, 3.8) is 0 Å². The van der Waals surface area contributed by atoms with Crippen molar-refractivity contribution in [3.05, 3.63) is 81.1 Å². The SMILES string of the molecule is CC1=C(O)C(C)C(Cc2cc(C)c(O)c(C(C)(C)C)c2)(Cc2cc(C(C)(C)C)c(O)c(C(C)(C)C)c2)C=C1. The fourth-order valence-corrected chi connectivity index (χ4v) is 5.85. The molecular formula is C35H50O3. The number of rotatable bonds is 4. The molecule has 2 atom stereocenters. The van der Waals surface area contributed by atoms with Crippen molar-refractivity contribution in [1.82, 2.24) is 0 Å². The monoisotopic (exact) mass is 518 g/mol. The summed E-state index contributed by atoms with van der Waals surface area (Å²) in [5.41, 5.74) is 5.96. The maximum atomic E-state index is 11.3. The molecule has 0 saturated carbocycles. The predicted octanol–water partition coefficient (Wildman–Crippen LogP) is 9.11. The molecule has 0 fully saturated rings. The third-order valence-electron chi connectivity index (χ3n) is 8.36. The van der Waals surface area contributed by atoms with E-state index < -0.39 is 0 Å². The molecule has 3 N–H and O–H groups in total. The minimum atomic E-state index is -0.372. The first kappa shape index (κ1) is 29.9. The van der Waals surface area contributed by atoms with Crippen molar-refractivity contribution in [2.45, 2.75) is 112 Å². The van der Waals surface area contributed by atoms with Crippen LogP contribution in [0.5, 0.6) is 11.5 Å². The van der Waals surface area contributed by atoms with E-state index in [-0.39, 0.29) is 27.6 Å². The molecule has 208 valence electrons. The molecule has 1 aliphatic rings. The molecule has 2 unspecified atom stereocenters. The fourth-order valence-electron chi connectivity index (χ4n) is 5.85. The van der Waals surface area contributed by atoms with Crippen LogP contribution in [0.1, 0.15) is 110 Å². The highest BCUT2D eigenvalue weighted by Crippen LogP contribution is 2.47. The topological polar surface area (TPSA) is 60.7 Å². The molecule has 0 saturated heterocycles. The molecule has 1 aliphatic carbocycles. The van der Waals surface area contributed by atoms with Crippen molar-refractivity contribution < 1.29 is 15.3 Å². The van der Waals surface area contributed by atoms with Gasteiger partial charge < -0.3 is 15.3 Å². The molecule has 0 radical (unpaired) electrons. The number of phenolic OH excluding ortho intramolecular Hbond substituents is 2. The molecule has 3 rings (SSSR count). The van der Waals surface area contributed by atoms with E-state index in [1.54, 1.807) is 0 Å². The zero-order valence-electron chi connectivity index (χ0n) is 25.8. The van der Waals surface area contributed by atoms with E-state index in [1.807, 2.05) is 13.8 Å². The van der Waals surface area contributed by atoms with Crippen LogP contribution in [0.2, 0.25) is 0 Å². The molecule has 2 aromatic carbocycles. The Bertz CT molecular complexity index is 1240. The number of hydrogen-bond acceptors (Lipinski definition) is 3. The van der Waals surface area contributed by atoms with Gasteiger partial charge in [-0.25, -0.2) is 0 Å². The van der Waals surface area contributed by atoms with Gasteiger partial charge in [0.25, 0.3) is 0 Å². The molecule has 0 amide bonds. The zero-order valence-corrected chi connectivity index (χ0v) is 25.8. The highest BCUT2D eigenvalue weighted by Gasteiger charge is 2.40.